The summed E-state index contributed by atoms with van der Waals surface area (Å²) in [6.07, 6.45) is -0.157. The third kappa shape index (κ3) is 7.87. The number of nitrogens with one attached hydrogen (secondary N) is 2. The highest BCUT2D eigenvalue weighted by atomic mass is 32.2. The summed E-state index contributed by atoms with van der Waals surface area (Å²) in [7, 11) is 1.60. The van der Waals surface area contributed by atoms with Crippen molar-refractivity contribution >= 4 is 28.4 Å². The van der Waals surface area contributed by atoms with Crippen LogP contribution in [-0.2, 0) is 13.1 Å². The first-order valence-electron chi connectivity index (χ1n) is 13.3. The van der Waals surface area contributed by atoms with E-state index in [1.807, 2.05) is 36.6 Å². The van der Waals surface area contributed by atoms with Crippen LogP contribution in [0.15, 0.2) is 47.4 Å². The molecule has 0 bridgehead atoms. The van der Waals surface area contributed by atoms with Crippen molar-refractivity contribution < 1.29 is 17.9 Å². The van der Waals surface area contributed by atoms with Crippen molar-refractivity contribution in [2.45, 2.75) is 62.9 Å². The Bertz CT molecular complexity index is 1320. The van der Waals surface area contributed by atoms with Crippen LogP contribution in [0.3, 0.4) is 0 Å². The number of hydrogen-bond acceptors (Lipinski definition) is 5. The average molecular weight is 559 g/mol. The van der Waals surface area contributed by atoms with E-state index in [9.17, 15) is 13.2 Å². The Morgan fingerprint density at radius 3 is 2.54 bits per heavy atom. The molecule has 2 aromatic carbocycles. The van der Waals surface area contributed by atoms with Crippen LogP contribution < -0.4 is 15.4 Å². The zero-order chi connectivity index (χ0) is 28.0. The van der Waals surface area contributed by atoms with Gasteiger partial charge in [0.25, 0.3) is 0 Å². The minimum absolute atomic E-state index is 0.271. The fraction of sp³-hybridized carbons (Fsp3) is 0.467. The van der Waals surface area contributed by atoms with Gasteiger partial charge in [0.05, 0.1) is 25.0 Å². The SMILES string of the molecule is COc1cc(SC)ccc1NCC#Cc1cc2cc(CNC3CCN(C(C)C)CC3)ccc2n1CC(F)(F)F. The minimum Gasteiger partial charge on any atom is -0.495 e. The highest BCUT2D eigenvalue weighted by Gasteiger charge is 2.29. The summed E-state index contributed by atoms with van der Waals surface area (Å²) in [5, 5.41) is 7.60. The number of ether oxygens (including phenoxy) is 1. The normalized spacial score (nSPS) is 15.0. The van der Waals surface area contributed by atoms with Gasteiger partial charge in [0, 0.05) is 34.4 Å². The Kier molecular flexibility index (Phi) is 9.76. The van der Waals surface area contributed by atoms with E-state index in [4.69, 9.17) is 4.74 Å². The quantitative estimate of drug-likeness (QED) is 0.236. The highest BCUT2D eigenvalue weighted by Crippen LogP contribution is 2.29. The maximum Gasteiger partial charge on any atom is 0.406 e. The lowest BCUT2D eigenvalue weighted by molar-refractivity contribution is -0.140. The Morgan fingerprint density at radius 1 is 1.10 bits per heavy atom. The molecular weight excluding hydrogens is 521 g/mol. The van der Waals surface area contributed by atoms with Crippen LogP contribution in [0, 0.1) is 11.8 Å². The predicted molar refractivity (Wildman–Crippen MR) is 155 cm³/mol. The van der Waals surface area contributed by atoms with Crippen LogP contribution in [0.4, 0.5) is 18.9 Å². The van der Waals surface area contributed by atoms with Crippen molar-refractivity contribution in [1.29, 1.82) is 0 Å². The van der Waals surface area contributed by atoms with Crippen LogP contribution >= 0.6 is 11.8 Å². The number of anilines is 1. The number of halogens is 3. The first kappa shape index (κ1) is 29.2. The van der Waals surface area contributed by atoms with Gasteiger partial charge in [-0.1, -0.05) is 12.0 Å². The summed E-state index contributed by atoms with van der Waals surface area (Å²) in [5.74, 6) is 6.64. The first-order valence-corrected chi connectivity index (χ1v) is 14.5. The maximum absolute atomic E-state index is 13.5. The van der Waals surface area contributed by atoms with Gasteiger partial charge in [-0.05, 0) is 93.9 Å². The van der Waals surface area contributed by atoms with Crippen LogP contribution in [0.2, 0.25) is 0 Å². The Balaban J connectivity index is 1.47. The number of alkyl halides is 3. The van der Waals surface area contributed by atoms with E-state index in [1.165, 1.54) is 4.57 Å². The number of methoxy groups -OCH3 is 1. The van der Waals surface area contributed by atoms with Gasteiger partial charge < -0.3 is 24.8 Å². The monoisotopic (exact) mass is 558 g/mol. The molecule has 210 valence electrons. The van der Waals surface area contributed by atoms with Crippen LogP contribution in [0.25, 0.3) is 10.9 Å². The Hall–Kier alpha value is -2.80. The second kappa shape index (κ2) is 13.0. The van der Waals surface area contributed by atoms with E-state index in [0.717, 1.165) is 47.5 Å². The maximum atomic E-state index is 13.5. The summed E-state index contributed by atoms with van der Waals surface area (Å²) in [5.41, 5.74) is 2.72. The summed E-state index contributed by atoms with van der Waals surface area (Å²) in [6, 6.07) is 14.3. The van der Waals surface area contributed by atoms with Gasteiger partial charge in [-0.2, -0.15) is 13.2 Å². The van der Waals surface area contributed by atoms with Crippen LogP contribution in [0.1, 0.15) is 37.9 Å². The van der Waals surface area contributed by atoms with Gasteiger partial charge in [0.2, 0.25) is 0 Å². The molecule has 0 radical (unpaired) electrons. The number of aromatic nitrogens is 1. The van der Waals surface area contributed by atoms with E-state index >= 15 is 0 Å². The molecule has 0 atom stereocenters. The number of piperidine rings is 1. The van der Waals surface area contributed by atoms with Crippen molar-refractivity contribution in [2.24, 2.45) is 0 Å². The minimum atomic E-state index is -4.35. The largest absolute Gasteiger partial charge is 0.495 e. The summed E-state index contributed by atoms with van der Waals surface area (Å²) >= 11 is 1.62. The number of hydrogen-bond donors (Lipinski definition) is 2. The molecule has 1 fully saturated rings. The number of fused-ring (bicyclic) bond motifs is 1. The third-order valence-corrected chi connectivity index (χ3v) is 7.88. The molecule has 1 aromatic heterocycles. The lowest BCUT2D eigenvalue weighted by Gasteiger charge is -2.35. The van der Waals surface area contributed by atoms with Gasteiger partial charge in [-0.3, -0.25) is 0 Å². The van der Waals surface area contributed by atoms with Crippen molar-refractivity contribution in [3.8, 4) is 17.6 Å². The van der Waals surface area contributed by atoms with Gasteiger partial charge in [-0.15, -0.1) is 11.8 Å². The van der Waals surface area contributed by atoms with E-state index in [-0.39, 0.29) is 6.54 Å². The molecule has 0 aliphatic carbocycles. The van der Waals surface area contributed by atoms with Crippen molar-refractivity contribution in [1.82, 2.24) is 14.8 Å². The molecule has 39 heavy (non-hydrogen) atoms. The van der Waals surface area contributed by atoms with Crippen molar-refractivity contribution in [2.75, 3.05) is 38.3 Å². The van der Waals surface area contributed by atoms with Gasteiger partial charge in [-0.25, -0.2) is 0 Å². The molecule has 3 aromatic rings. The lowest BCUT2D eigenvalue weighted by atomic mass is 10.0. The molecule has 0 spiro atoms. The number of nitrogens with zero attached hydrogens (tertiary/aromatic N) is 2. The van der Waals surface area contributed by atoms with Gasteiger partial charge >= 0.3 is 6.18 Å². The van der Waals surface area contributed by atoms with Gasteiger partial charge in [0.15, 0.2) is 0 Å². The van der Waals surface area contributed by atoms with E-state index in [2.05, 4.69) is 41.2 Å². The second-order valence-electron chi connectivity index (χ2n) is 10.1. The molecule has 1 aliphatic rings. The molecule has 0 saturated carbocycles. The summed E-state index contributed by atoms with van der Waals surface area (Å²) in [4.78, 5) is 3.56. The predicted octanol–water partition coefficient (Wildman–Crippen LogP) is 6.36. The van der Waals surface area contributed by atoms with E-state index < -0.39 is 12.7 Å². The highest BCUT2D eigenvalue weighted by molar-refractivity contribution is 7.98. The Morgan fingerprint density at radius 2 is 1.87 bits per heavy atom. The van der Waals surface area contributed by atoms with Gasteiger partial charge in [0.1, 0.15) is 12.3 Å². The first-order chi connectivity index (χ1) is 18.7. The van der Waals surface area contributed by atoms with Crippen molar-refractivity contribution in [3.05, 3.63) is 53.7 Å². The molecular formula is C30H37F3N4OS. The fourth-order valence-electron chi connectivity index (χ4n) is 4.98. The average Bonchev–Trinajstić information content (AvgIpc) is 3.24. The molecule has 1 aliphatic heterocycles. The standard InChI is InChI=1S/C30H37F3N4OS/c1-21(2)36-14-11-24(12-15-36)35-19-22-7-10-28-23(16-22)17-25(37(28)20-30(31,32)33)6-5-13-34-27-9-8-26(39-4)18-29(27)38-3/h7-10,16-18,21,24,34-35H,11-15,19-20H2,1-4H3. The summed E-state index contributed by atoms with van der Waals surface area (Å²) in [6.45, 7) is 6.50. The molecule has 9 heteroatoms. The van der Waals surface area contributed by atoms with E-state index in [0.29, 0.717) is 35.6 Å². The second-order valence-corrected chi connectivity index (χ2v) is 11.0. The topological polar surface area (TPSA) is 41.5 Å². The molecule has 1 saturated heterocycles. The lowest BCUT2D eigenvalue weighted by Crippen LogP contribution is -2.44. The molecule has 0 unspecified atom stereocenters. The number of rotatable bonds is 9. The molecule has 2 N–H and O–H groups in total. The zero-order valence-corrected chi connectivity index (χ0v) is 23.8. The van der Waals surface area contributed by atoms with Crippen LogP contribution in [-0.4, -0.2) is 60.7 Å². The summed E-state index contributed by atoms with van der Waals surface area (Å²) < 4.78 is 47.1. The van der Waals surface area contributed by atoms with Crippen LogP contribution in [0.5, 0.6) is 5.75 Å². The third-order valence-electron chi connectivity index (χ3n) is 7.15. The van der Waals surface area contributed by atoms with E-state index in [1.54, 1.807) is 31.0 Å². The number of likely N-dealkylation sites (tertiary alicyclic amines) is 1. The number of benzene rings is 2. The molecule has 0 amide bonds. The fourth-order valence-corrected chi connectivity index (χ4v) is 5.41. The smallest absolute Gasteiger partial charge is 0.406 e. The molecule has 5 nitrogen and oxygen atoms in total. The molecule has 4 rings (SSSR count). The zero-order valence-electron chi connectivity index (χ0n) is 23.0. The van der Waals surface area contributed by atoms with Crippen molar-refractivity contribution in [3.63, 3.8) is 0 Å². The number of thioether (sulfide) groups is 1. The Labute approximate surface area is 233 Å². The molecule has 2 heterocycles.